The average Bonchev–Trinajstić information content (AvgIpc) is 3.17. The van der Waals surface area contributed by atoms with Crippen molar-refractivity contribution in [1.29, 1.82) is 0 Å². The van der Waals surface area contributed by atoms with Gasteiger partial charge in [-0.15, -0.1) is 0 Å². The SMILES string of the molecule is CCOc1ccc(/C(O)=C2/C(=O)C(=O)N(c3ccc(OC)cc3)C2c2ccc(C(C)(C)C)cc2)cc1C(C)(C)C. The number of hydrogen-bond acceptors (Lipinski definition) is 5. The molecule has 6 nitrogen and oxygen atoms in total. The average molecular weight is 542 g/mol. The second-order valence-electron chi connectivity index (χ2n) is 12.1. The van der Waals surface area contributed by atoms with Crippen LogP contribution in [0.2, 0.25) is 0 Å². The van der Waals surface area contributed by atoms with Crippen LogP contribution < -0.4 is 14.4 Å². The van der Waals surface area contributed by atoms with Crippen molar-refractivity contribution in [2.45, 2.75) is 65.3 Å². The Bertz CT molecular complexity index is 1440. The number of hydrogen-bond donors (Lipinski definition) is 1. The van der Waals surface area contributed by atoms with Gasteiger partial charge in [-0.3, -0.25) is 14.5 Å². The minimum Gasteiger partial charge on any atom is -0.507 e. The third-order valence-electron chi connectivity index (χ3n) is 7.25. The summed E-state index contributed by atoms with van der Waals surface area (Å²) in [5, 5.41) is 11.7. The molecular formula is C34H39NO5. The zero-order valence-corrected chi connectivity index (χ0v) is 24.7. The predicted molar refractivity (Wildman–Crippen MR) is 159 cm³/mol. The molecule has 0 bridgehead atoms. The first-order valence-electron chi connectivity index (χ1n) is 13.6. The summed E-state index contributed by atoms with van der Waals surface area (Å²) in [6, 6.07) is 19.4. The van der Waals surface area contributed by atoms with Crippen LogP contribution >= 0.6 is 0 Å². The van der Waals surface area contributed by atoms with Crippen molar-refractivity contribution < 1.29 is 24.2 Å². The molecule has 3 aromatic rings. The number of Topliss-reactive ketones (excluding diaryl/α,β-unsaturated/α-hetero) is 1. The Balaban J connectivity index is 1.93. The van der Waals surface area contributed by atoms with Crippen LogP contribution in [-0.4, -0.2) is 30.5 Å². The van der Waals surface area contributed by atoms with Crippen molar-refractivity contribution >= 4 is 23.1 Å². The maximum absolute atomic E-state index is 13.6. The minimum absolute atomic E-state index is 0.0494. The van der Waals surface area contributed by atoms with Gasteiger partial charge in [-0.2, -0.15) is 0 Å². The minimum atomic E-state index is -0.813. The van der Waals surface area contributed by atoms with Crippen LogP contribution in [0.25, 0.3) is 5.76 Å². The lowest BCUT2D eigenvalue weighted by molar-refractivity contribution is -0.132. The molecular weight excluding hydrogens is 502 g/mol. The van der Waals surface area contributed by atoms with Crippen molar-refractivity contribution in [3.05, 3.63) is 94.6 Å². The molecule has 1 saturated heterocycles. The molecule has 1 aliphatic heterocycles. The lowest BCUT2D eigenvalue weighted by Crippen LogP contribution is -2.29. The van der Waals surface area contributed by atoms with Gasteiger partial charge in [0, 0.05) is 16.8 Å². The monoisotopic (exact) mass is 541 g/mol. The summed E-state index contributed by atoms with van der Waals surface area (Å²) in [6.07, 6.45) is 0. The largest absolute Gasteiger partial charge is 0.507 e. The van der Waals surface area contributed by atoms with Crippen LogP contribution in [0.5, 0.6) is 11.5 Å². The fourth-order valence-electron chi connectivity index (χ4n) is 5.02. The van der Waals surface area contributed by atoms with Gasteiger partial charge in [0.05, 0.1) is 25.3 Å². The number of amides is 1. The van der Waals surface area contributed by atoms with Gasteiger partial charge in [0.1, 0.15) is 17.3 Å². The van der Waals surface area contributed by atoms with E-state index in [4.69, 9.17) is 9.47 Å². The molecule has 1 aliphatic rings. The van der Waals surface area contributed by atoms with E-state index in [0.717, 1.165) is 22.4 Å². The van der Waals surface area contributed by atoms with E-state index in [2.05, 4.69) is 41.5 Å². The fourth-order valence-corrected chi connectivity index (χ4v) is 5.02. The molecule has 210 valence electrons. The number of carbonyl (C=O) groups is 2. The molecule has 0 spiro atoms. The standard InChI is InChI=1S/C34H39NO5/c1-9-40-27-19-12-22(20-26(27)34(5,6)7)30(36)28-29(21-10-13-23(14-11-21)33(2,3)4)35(32(38)31(28)37)24-15-17-25(39-8)18-16-24/h10-20,29,36H,9H2,1-8H3/b30-28-. The third-order valence-corrected chi connectivity index (χ3v) is 7.25. The number of methoxy groups -OCH3 is 1. The second-order valence-corrected chi connectivity index (χ2v) is 12.1. The molecule has 3 aromatic carbocycles. The zero-order valence-electron chi connectivity index (χ0n) is 24.7. The number of ether oxygens (including phenoxy) is 2. The molecule has 6 heteroatoms. The van der Waals surface area contributed by atoms with E-state index in [-0.39, 0.29) is 22.2 Å². The van der Waals surface area contributed by atoms with Crippen molar-refractivity contribution in [3.8, 4) is 11.5 Å². The highest BCUT2D eigenvalue weighted by molar-refractivity contribution is 6.51. The van der Waals surface area contributed by atoms with E-state index in [9.17, 15) is 14.7 Å². The first kappa shape index (κ1) is 28.9. The van der Waals surface area contributed by atoms with E-state index < -0.39 is 17.7 Å². The Morgan fingerprint density at radius 3 is 2.02 bits per heavy atom. The molecule has 1 amide bonds. The first-order chi connectivity index (χ1) is 18.8. The van der Waals surface area contributed by atoms with Crippen LogP contribution in [0.1, 0.15) is 76.8 Å². The summed E-state index contributed by atoms with van der Waals surface area (Å²) >= 11 is 0. The van der Waals surface area contributed by atoms with E-state index in [1.165, 1.54) is 4.90 Å². The summed E-state index contributed by atoms with van der Waals surface area (Å²) < 4.78 is 11.1. The Morgan fingerprint density at radius 1 is 0.875 bits per heavy atom. The summed E-state index contributed by atoms with van der Waals surface area (Å²) in [5.74, 6) is -0.286. The topological polar surface area (TPSA) is 76.1 Å². The molecule has 1 heterocycles. The lowest BCUT2D eigenvalue weighted by Gasteiger charge is -2.27. The molecule has 0 aliphatic carbocycles. The Morgan fingerprint density at radius 2 is 1.50 bits per heavy atom. The molecule has 0 radical (unpaired) electrons. The van der Waals surface area contributed by atoms with Crippen molar-refractivity contribution in [2.75, 3.05) is 18.6 Å². The maximum atomic E-state index is 13.6. The number of ketones is 1. The highest BCUT2D eigenvalue weighted by Gasteiger charge is 2.47. The van der Waals surface area contributed by atoms with Crippen molar-refractivity contribution in [2.24, 2.45) is 0 Å². The van der Waals surface area contributed by atoms with Crippen LogP contribution in [0.3, 0.4) is 0 Å². The number of aliphatic hydroxyl groups is 1. The number of benzene rings is 3. The number of aliphatic hydroxyl groups excluding tert-OH is 1. The maximum Gasteiger partial charge on any atom is 0.300 e. The highest BCUT2D eigenvalue weighted by Crippen LogP contribution is 2.44. The van der Waals surface area contributed by atoms with Gasteiger partial charge < -0.3 is 14.6 Å². The van der Waals surface area contributed by atoms with Gasteiger partial charge in [0.25, 0.3) is 11.7 Å². The zero-order chi connectivity index (χ0) is 29.4. The summed E-state index contributed by atoms with van der Waals surface area (Å²) in [6.45, 7) is 15.0. The number of anilines is 1. The molecule has 40 heavy (non-hydrogen) atoms. The summed E-state index contributed by atoms with van der Waals surface area (Å²) in [5.41, 5.74) is 3.44. The molecule has 4 rings (SSSR count). The Kier molecular flexibility index (Phi) is 7.84. The van der Waals surface area contributed by atoms with Gasteiger partial charge in [-0.1, -0.05) is 65.8 Å². The number of nitrogens with zero attached hydrogens (tertiary/aromatic N) is 1. The third kappa shape index (κ3) is 5.48. The van der Waals surface area contributed by atoms with Gasteiger partial charge in [0.15, 0.2) is 0 Å². The normalized spacial score (nSPS) is 17.3. The van der Waals surface area contributed by atoms with Crippen LogP contribution in [-0.2, 0) is 20.4 Å². The highest BCUT2D eigenvalue weighted by atomic mass is 16.5. The van der Waals surface area contributed by atoms with Crippen molar-refractivity contribution in [1.82, 2.24) is 0 Å². The first-order valence-corrected chi connectivity index (χ1v) is 13.6. The van der Waals surface area contributed by atoms with Gasteiger partial charge in [0.2, 0.25) is 0 Å². The van der Waals surface area contributed by atoms with Gasteiger partial charge in [-0.05, 0) is 71.3 Å². The number of carbonyl (C=O) groups excluding carboxylic acids is 2. The van der Waals surface area contributed by atoms with Crippen LogP contribution in [0.4, 0.5) is 5.69 Å². The van der Waals surface area contributed by atoms with Gasteiger partial charge in [-0.25, -0.2) is 0 Å². The lowest BCUT2D eigenvalue weighted by atomic mass is 9.84. The van der Waals surface area contributed by atoms with E-state index >= 15 is 0 Å². The molecule has 1 atom stereocenters. The second kappa shape index (κ2) is 10.8. The van der Waals surface area contributed by atoms with E-state index in [1.807, 2.05) is 43.3 Å². The van der Waals surface area contributed by atoms with Crippen LogP contribution in [0.15, 0.2) is 72.3 Å². The molecule has 1 N–H and O–H groups in total. The number of rotatable bonds is 6. The summed E-state index contributed by atoms with van der Waals surface area (Å²) in [4.78, 5) is 28.6. The predicted octanol–water partition coefficient (Wildman–Crippen LogP) is 7.32. The Labute approximate surface area is 237 Å². The fraction of sp³-hybridized carbons (Fsp3) is 0.353. The van der Waals surface area contributed by atoms with Crippen LogP contribution in [0, 0.1) is 0 Å². The molecule has 1 unspecified atom stereocenters. The summed E-state index contributed by atoms with van der Waals surface area (Å²) in [7, 11) is 1.57. The molecule has 0 saturated carbocycles. The Hall–Kier alpha value is -4.06. The quantitative estimate of drug-likeness (QED) is 0.201. The van der Waals surface area contributed by atoms with E-state index in [1.54, 1.807) is 37.4 Å². The smallest absolute Gasteiger partial charge is 0.300 e. The van der Waals surface area contributed by atoms with Gasteiger partial charge >= 0.3 is 0 Å². The molecule has 1 fully saturated rings. The van der Waals surface area contributed by atoms with Crippen molar-refractivity contribution in [3.63, 3.8) is 0 Å². The van der Waals surface area contributed by atoms with E-state index in [0.29, 0.717) is 23.6 Å². The molecule has 0 aromatic heterocycles.